The van der Waals surface area contributed by atoms with Gasteiger partial charge in [0, 0.05) is 24.4 Å². The lowest BCUT2D eigenvalue weighted by atomic mass is 9.93. The van der Waals surface area contributed by atoms with Crippen molar-refractivity contribution in [1.29, 1.82) is 0 Å². The number of nitrogens with zero attached hydrogens (tertiary/aromatic N) is 3. The SMILES string of the molecule is Cc1cncc(-c2cc(C3=NN=C(SCC(=O)O)C3)cc(-c3ccc4ccccc4c3)c2)c1. The number of carboxylic acid groups (broad SMARTS) is 1. The molecule has 0 atom stereocenters. The Hall–Kier alpha value is -3.77. The lowest BCUT2D eigenvalue weighted by molar-refractivity contribution is -0.133. The van der Waals surface area contributed by atoms with E-state index in [0.29, 0.717) is 6.42 Å². The molecule has 0 bridgehead atoms. The van der Waals surface area contributed by atoms with Gasteiger partial charge in [0.15, 0.2) is 0 Å². The topological polar surface area (TPSA) is 74.9 Å². The molecule has 162 valence electrons. The van der Waals surface area contributed by atoms with Crippen LogP contribution in [0.3, 0.4) is 0 Å². The van der Waals surface area contributed by atoms with E-state index in [4.69, 9.17) is 5.11 Å². The molecule has 2 heterocycles. The van der Waals surface area contributed by atoms with Crippen molar-refractivity contribution in [2.45, 2.75) is 13.3 Å². The van der Waals surface area contributed by atoms with E-state index in [1.54, 1.807) is 0 Å². The van der Waals surface area contributed by atoms with Crippen LogP contribution in [-0.4, -0.2) is 32.6 Å². The largest absolute Gasteiger partial charge is 0.481 e. The molecule has 1 aliphatic rings. The van der Waals surface area contributed by atoms with Gasteiger partial charge in [0.1, 0.15) is 5.04 Å². The van der Waals surface area contributed by atoms with Gasteiger partial charge in [-0.1, -0.05) is 48.2 Å². The quantitative estimate of drug-likeness (QED) is 0.392. The molecule has 6 heteroatoms. The van der Waals surface area contributed by atoms with Gasteiger partial charge in [0.25, 0.3) is 0 Å². The van der Waals surface area contributed by atoms with E-state index in [1.807, 2.05) is 31.5 Å². The molecule has 3 aromatic carbocycles. The zero-order chi connectivity index (χ0) is 22.8. The highest BCUT2D eigenvalue weighted by Gasteiger charge is 2.18. The van der Waals surface area contributed by atoms with E-state index in [1.165, 1.54) is 22.5 Å². The number of hydrogen-bond acceptors (Lipinski definition) is 5. The van der Waals surface area contributed by atoms with Crippen LogP contribution in [0.2, 0.25) is 0 Å². The summed E-state index contributed by atoms with van der Waals surface area (Å²) in [4.78, 5) is 15.3. The minimum Gasteiger partial charge on any atom is -0.481 e. The Kier molecular flexibility index (Phi) is 5.75. The average Bonchev–Trinajstić information content (AvgIpc) is 3.31. The van der Waals surface area contributed by atoms with Gasteiger partial charge >= 0.3 is 5.97 Å². The number of benzene rings is 3. The fraction of sp³-hybridized carbons (Fsp3) is 0.111. The summed E-state index contributed by atoms with van der Waals surface area (Å²) in [6.45, 7) is 2.03. The van der Waals surface area contributed by atoms with Crippen molar-refractivity contribution in [3.8, 4) is 22.3 Å². The van der Waals surface area contributed by atoms with Gasteiger partial charge in [0.2, 0.25) is 0 Å². The van der Waals surface area contributed by atoms with Crippen molar-refractivity contribution in [2.75, 3.05) is 5.75 Å². The summed E-state index contributed by atoms with van der Waals surface area (Å²) in [7, 11) is 0. The standard InChI is InChI=1S/C27H21N3O2S/c1-17-8-24(15-28-14-17)22-10-21(20-7-6-18-4-2-3-5-19(18)9-20)11-23(12-22)25-13-26(30-29-25)33-16-27(31)32/h2-12,14-15H,13,16H2,1H3,(H,31,32). The number of carbonyl (C=O) groups is 1. The molecule has 1 N–H and O–H groups in total. The van der Waals surface area contributed by atoms with Crippen LogP contribution in [0.15, 0.2) is 89.3 Å². The van der Waals surface area contributed by atoms with Crippen LogP contribution in [0.25, 0.3) is 33.0 Å². The number of hydrogen-bond donors (Lipinski definition) is 1. The maximum absolute atomic E-state index is 10.9. The number of rotatable bonds is 5. The summed E-state index contributed by atoms with van der Waals surface area (Å²) < 4.78 is 0. The summed E-state index contributed by atoms with van der Waals surface area (Å²) >= 11 is 1.22. The molecule has 4 aromatic rings. The maximum Gasteiger partial charge on any atom is 0.313 e. The van der Waals surface area contributed by atoms with Crippen molar-refractivity contribution in [1.82, 2.24) is 4.98 Å². The average molecular weight is 452 g/mol. The number of aromatic nitrogens is 1. The zero-order valence-electron chi connectivity index (χ0n) is 18.0. The smallest absolute Gasteiger partial charge is 0.313 e. The summed E-state index contributed by atoms with van der Waals surface area (Å²) in [5, 5.41) is 20.7. The summed E-state index contributed by atoms with van der Waals surface area (Å²) in [6.07, 6.45) is 4.25. The van der Waals surface area contributed by atoms with E-state index in [9.17, 15) is 4.79 Å². The molecule has 5 rings (SSSR count). The molecule has 0 spiro atoms. The Morgan fingerprint density at radius 2 is 1.61 bits per heavy atom. The van der Waals surface area contributed by atoms with Crippen LogP contribution < -0.4 is 0 Å². The first-order valence-electron chi connectivity index (χ1n) is 10.6. The van der Waals surface area contributed by atoms with Gasteiger partial charge in [-0.15, -0.1) is 5.10 Å². The highest BCUT2D eigenvalue weighted by molar-refractivity contribution is 8.14. The lowest BCUT2D eigenvalue weighted by Gasteiger charge is -2.12. The van der Waals surface area contributed by atoms with Crippen molar-refractivity contribution in [3.63, 3.8) is 0 Å². The molecule has 1 aromatic heterocycles. The number of fused-ring (bicyclic) bond motifs is 1. The molecule has 33 heavy (non-hydrogen) atoms. The predicted molar refractivity (Wildman–Crippen MR) is 136 cm³/mol. The monoisotopic (exact) mass is 451 g/mol. The van der Waals surface area contributed by atoms with Gasteiger partial charge in [-0.25, -0.2) is 0 Å². The van der Waals surface area contributed by atoms with E-state index in [0.717, 1.165) is 44.1 Å². The number of aryl methyl sites for hydroxylation is 1. The highest BCUT2D eigenvalue weighted by Crippen LogP contribution is 2.32. The van der Waals surface area contributed by atoms with Crippen LogP contribution in [0.4, 0.5) is 0 Å². The van der Waals surface area contributed by atoms with Crippen LogP contribution >= 0.6 is 11.8 Å². The Morgan fingerprint density at radius 1 is 0.848 bits per heavy atom. The molecular weight excluding hydrogens is 430 g/mol. The molecule has 0 saturated heterocycles. The fourth-order valence-electron chi connectivity index (χ4n) is 3.92. The second-order valence-electron chi connectivity index (χ2n) is 8.01. The van der Waals surface area contributed by atoms with E-state index in [2.05, 4.69) is 69.8 Å². The lowest BCUT2D eigenvalue weighted by Crippen LogP contribution is -2.05. The third kappa shape index (κ3) is 4.71. The van der Waals surface area contributed by atoms with Crippen molar-refractivity contribution in [2.24, 2.45) is 10.2 Å². The number of carboxylic acids is 1. The first-order chi connectivity index (χ1) is 16.0. The zero-order valence-corrected chi connectivity index (χ0v) is 18.8. The van der Waals surface area contributed by atoms with Gasteiger partial charge in [-0.05, 0) is 75.8 Å². The molecule has 0 fully saturated rings. The van der Waals surface area contributed by atoms with Crippen molar-refractivity contribution in [3.05, 3.63) is 90.3 Å². The van der Waals surface area contributed by atoms with Gasteiger partial charge in [0.05, 0.1) is 11.5 Å². The van der Waals surface area contributed by atoms with Gasteiger partial charge in [-0.2, -0.15) is 5.10 Å². The Bertz CT molecular complexity index is 1440. The molecule has 0 unspecified atom stereocenters. The van der Waals surface area contributed by atoms with E-state index < -0.39 is 5.97 Å². The normalized spacial score (nSPS) is 13.1. The Balaban J connectivity index is 1.56. The van der Waals surface area contributed by atoms with Gasteiger partial charge < -0.3 is 5.11 Å². The van der Waals surface area contributed by atoms with E-state index in [-0.39, 0.29) is 5.75 Å². The summed E-state index contributed by atoms with van der Waals surface area (Å²) in [5.74, 6) is -0.873. The first-order valence-corrected chi connectivity index (χ1v) is 11.6. The van der Waals surface area contributed by atoms with Crippen LogP contribution in [0, 0.1) is 6.92 Å². The molecule has 1 aliphatic heterocycles. The van der Waals surface area contributed by atoms with Gasteiger partial charge in [-0.3, -0.25) is 9.78 Å². The molecule has 0 aliphatic carbocycles. The molecule has 0 saturated carbocycles. The minimum atomic E-state index is -0.858. The van der Waals surface area contributed by atoms with Crippen molar-refractivity contribution >= 4 is 39.3 Å². The number of thioether (sulfide) groups is 1. The second kappa shape index (κ2) is 9.00. The van der Waals surface area contributed by atoms with E-state index >= 15 is 0 Å². The molecular formula is C27H21N3O2S. The third-order valence-electron chi connectivity index (χ3n) is 5.52. The van der Waals surface area contributed by atoms with Crippen LogP contribution in [0.1, 0.15) is 17.5 Å². The number of pyridine rings is 1. The number of aliphatic carboxylic acids is 1. The molecule has 0 radical (unpaired) electrons. The predicted octanol–water partition coefficient (Wildman–Crippen LogP) is 6.20. The maximum atomic E-state index is 10.9. The molecule has 0 amide bonds. The minimum absolute atomic E-state index is 0.0149. The Labute approximate surface area is 195 Å². The Morgan fingerprint density at radius 3 is 2.39 bits per heavy atom. The molecule has 5 nitrogen and oxygen atoms in total. The van der Waals surface area contributed by atoms with Crippen LogP contribution in [-0.2, 0) is 4.79 Å². The van der Waals surface area contributed by atoms with Crippen molar-refractivity contribution < 1.29 is 9.90 Å². The third-order valence-corrected chi connectivity index (χ3v) is 6.47. The summed E-state index contributed by atoms with van der Waals surface area (Å²) in [5.41, 5.74) is 7.22. The summed E-state index contributed by atoms with van der Waals surface area (Å²) in [6, 6.07) is 23.4. The first kappa shape index (κ1) is 21.1. The fourth-order valence-corrected chi connectivity index (χ4v) is 4.55. The van der Waals surface area contributed by atoms with Crippen LogP contribution in [0.5, 0.6) is 0 Å². The second-order valence-corrected chi connectivity index (χ2v) is 9.06. The highest BCUT2D eigenvalue weighted by atomic mass is 32.2.